The number of rotatable bonds is 4. The molecule has 1 amide bonds. The molecule has 1 N–H and O–H groups in total. The van der Waals surface area contributed by atoms with Crippen LogP contribution in [0.5, 0.6) is 0 Å². The molecule has 1 aliphatic carbocycles. The Morgan fingerprint density at radius 1 is 1.30 bits per heavy atom. The van der Waals surface area contributed by atoms with Gasteiger partial charge in [-0.25, -0.2) is 13.1 Å². The van der Waals surface area contributed by atoms with Crippen LogP contribution in [-0.2, 0) is 21.2 Å². The normalized spacial score (nSPS) is 21.7. The lowest BCUT2D eigenvalue weighted by Crippen LogP contribution is -2.35. The number of carbonyl (C=O) groups excluding carboxylic acids is 1. The van der Waals surface area contributed by atoms with Gasteiger partial charge in [-0.3, -0.25) is 4.79 Å². The van der Waals surface area contributed by atoms with Crippen LogP contribution in [0, 0.1) is 0 Å². The van der Waals surface area contributed by atoms with Gasteiger partial charge < -0.3 is 4.90 Å². The van der Waals surface area contributed by atoms with Crippen molar-refractivity contribution >= 4 is 21.6 Å². The van der Waals surface area contributed by atoms with Crippen molar-refractivity contribution in [3.63, 3.8) is 0 Å². The number of nitrogens with zero attached hydrogens (tertiary/aromatic N) is 1. The predicted molar refractivity (Wildman–Crippen MR) is 90.0 cm³/mol. The van der Waals surface area contributed by atoms with Crippen molar-refractivity contribution in [1.29, 1.82) is 0 Å². The summed E-state index contributed by atoms with van der Waals surface area (Å²) in [5, 5.41) is 0. The number of fused-ring (bicyclic) bond motifs is 1. The highest BCUT2D eigenvalue weighted by Crippen LogP contribution is 2.34. The molecule has 1 atom stereocenters. The summed E-state index contributed by atoms with van der Waals surface area (Å²) in [7, 11) is -3.48. The summed E-state index contributed by atoms with van der Waals surface area (Å²) in [5.41, 5.74) is 1.79. The Kier molecular flexibility index (Phi) is 4.47. The van der Waals surface area contributed by atoms with Gasteiger partial charge in [-0.15, -0.1) is 0 Å². The third-order valence-electron chi connectivity index (χ3n) is 4.83. The maximum absolute atomic E-state index is 12.5. The van der Waals surface area contributed by atoms with E-state index in [4.69, 9.17) is 0 Å². The molecule has 2 aliphatic rings. The minimum atomic E-state index is -3.48. The van der Waals surface area contributed by atoms with Gasteiger partial charge in [0.05, 0.1) is 4.90 Å². The van der Waals surface area contributed by atoms with E-state index >= 15 is 0 Å². The molecule has 126 valence electrons. The molecular formula is C17H24N2O3S. The number of anilines is 1. The van der Waals surface area contributed by atoms with Crippen molar-refractivity contribution in [2.75, 3.05) is 4.90 Å². The molecule has 1 saturated carbocycles. The zero-order valence-corrected chi connectivity index (χ0v) is 14.5. The highest BCUT2D eigenvalue weighted by molar-refractivity contribution is 7.89. The molecule has 0 aromatic heterocycles. The largest absolute Gasteiger partial charge is 0.309 e. The average molecular weight is 336 g/mol. The first kappa shape index (κ1) is 16.5. The Labute approximate surface area is 138 Å². The molecule has 0 bridgehead atoms. The smallest absolute Gasteiger partial charge is 0.240 e. The quantitative estimate of drug-likeness (QED) is 0.919. The van der Waals surface area contributed by atoms with E-state index in [1.807, 2.05) is 13.8 Å². The molecular weight excluding hydrogens is 312 g/mol. The van der Waals surface area contributed by atoms with E-state index < -0.39 is 10.0 Å². The monoisotopic (exact) mass is 336 g/mol. The third kappa shape index (κ3) is 3.15. The Balaban J connectivity index is 1.87. The molecule has 1 fully saturated rings. The lowest BCUT2D eigenvalue weighted by Gasteiger charge is -2.22. The molecule has 3 rings (SSSR count). The van der Waals surface area contributed by atoms with E-state index in [2.05, 4.69) is 4.72 Å². The van der Waals surface area contributed by atoms with Crippen molar-refractivity contribution in [3.8, 4) is 0 Å². The first-order chi connectivity index (χ1) is 10.9. The fourth-order valence-electron chi connectivity index (χ4n) is 3.66. The highest BCUT2D eigenvalue weighted by Gasteiger charge is 2.31. The summed E-state index contributed by atoms with van der Waals surface area (Å²) in [6.45, 7) is 3.84. The van der Waals surface area contributed by atoms with Crippen LogP contribution in [0.4, 0.5) is 5.69 Å². The predicted octanol–water partition coefficient (Wildman–Crippen LogP) is 2.60. The lowest BCUT2D eigenvalue weighted by molar-refractivity contribution is -0.118. The van der Waals surface area contributed by atoms with Gasteiger partial charge in [0.15, 0.2) is 0 Å². The van der Waals surface area contributed by atoms with Gasteiger partial charge in [0, 0.05) is 24.2 Å². The number of hydrogen-bond donors (Lipinski definition) is 1. The van der Waals surface area contributed by atoms with Crippen LogP contribution in [0.2, 0.25) is 0 Å². The van der Waals surface area contributed by atoms with Gasteiger partial charge in [0.25, 0.3) is 0 Å². The molecule has 6 heteroatoms. The van der Waals surface area contributed by atoms with E-state index in [9.17, 15) is 13.2 Å². The molecule has 0 unspecified atom stereocenters. The van der Waals surface area contributed by atoms with Crippen LogP contribution in [0.1, 0.15) is 51.5 Å². The van der Waals surface area contributed by atoms with E-state index in [0.717, 1.165) is 36.9 Å². The van der Waals surface area contributed by atoms with Crippen LogP contribution >= 0.6 is 0 Å². The number of benzene rings is 1. The van der Waals surface area contributed by atoms with Crippen molar-refractivity contribution in [2.45, 2.75) is 69.4 Å². The number of hydrogen-bond acceptors (Lipinski definition) is 3. The van der Waals surface area contributed by atoms with Crippen molar-refractivity contribution < 1.29 is 13.2 Å². The molecule has 23 heavy (non-hydrogen) atoms. The molecule has 1 aromatic rings. The SMILES string of the molecule is CCC(=O)N1c2ccc(S(=O)(=O)NC3CCCC3)cc2C[C@H]1C. The fourth-order valence-corrected chi connectivity index (χ4v) is 5.01. The zero-order chi connectivity index (χ0) is 16.6. The molecule has 1 aromatic carbocycles. The second-order valence-corrected chi connectivity index (χ2v) is 8.28. The number of amides is 1. The molecule has 1 aliphatic heterocycles. The van der Waals surface area contributed by atoms with Gasteiger partial charge in [-0.2, -0.15) is 0 Å². The summed E-state index contributed by atoms with van der Waals surface area (Å²) in [6, 6.07) is 5.26. The number of carbonyl (C=O) groups is 1. The van der Waals surface area contributed by atoms with E-state index in [-0.39, 0.29) is 18.0 Å². The molecule has 0 spiro atoms. The summed E-state index contributed by atoms with van der Waals surface area (Å²) < 4.78 is 27.9. The van der Waals surface area contributed by atoms with E-state index in [1.165, 1.54) is 0 Å². The molecule has 5 nitrogen and oxygen atoms in total. The summed E-state index contributed by atoms with van der Waals surface area (Å²) in [4.78, 5) is 14.2. The second-order valence-electron chi connectivity index (χ2n) is 6.56. The first-order valence-electron chi connectivity index (χ1n) is 8.39. The Hall–Kier alpha value is -1.40. The first-order valence-corrected chi connectivity index (χ1v) is 9.88. The molecule has 0 radical (unpaired) electrons. The van der Waals surface area contributed by atoms with Crippen molar-refractivity contribution in [2.24, 2.45) is 0 Å². The van der Waals surface area contributed by atoms with Gasteiger partial charge in [0.1, 0.15) is 0 Å². The van der Waals surface area contributed by atoms with E-state index in [1.54, 1.807) is 23.1 Å². The van der Waals surface area contributed by atoms with Crippen LogP contribution in [-0.4, -0.2) is 26.4 Å². The third-order valence-corrected chi connectivity index (χ3v) is 6.34. The van der Waals surface area contributed by atoms with Crippen molar-refractivity contribution in [1.82, 2.24) is 4.72 Å². The van der Waals surface area contributed by atoms with Gasteiger partial charge >= 0.3 is 0 Å². The fraction of sp³-hybridized carbons (Fsp3) is 0.588. The highest BCUT2D eigenvalue weighted by atomic mass is 32.2. The van der Waals surface area contributed by atoms with Gasteiger partial charge in [-0.1, -0.05) is 19.8 Å². The maximum atomic E-state index is 12.5. The number of sulfonamides is 1. The Bertz CT molecular complexity index is 709. The lowest BCUT2D eigenvalue weighted by atomic mass is 10.1. The standard InChI is InChI=1S/C17H24N2O3S/c1-3-17(20)19-12(2)10-13-11-15(8-9-16(13)19)23(21,22)18-14-6-4-5-7-14/h8-9,11-12,14,18H,3-7,10H2,1-2H3/t12-/m1/s1. The van der Waals surface area contributed by atoms with Crippen LogP contribution in [0.3, 0.4) is 0 Å². The minimum Gasteiger partial charge on any atom is -0.309 e. The number of nitrogens with one attached hydrogen (secondary N) is 1. The molecule has 1 heterocycles. The summed E-state index contributed by atoms with van der Waals surface area (Å²) in [5.74, 6) is 0.0796. The Morgan fingerprint density at radius 3 is 2.65 bits per heavy atom. The van der Waals surface area contributed by atoms with Gasteiger partial charge in [0.2, 0.25) is 15.9 Å². The average Bonchev–Trinajstić information content (AvgIpc) is 3.11. The zero-order valence-electron chi connectivity index (χ0n) is 13.7. The van der Waals surface area contributed by atoms with Gasteiger partial charge in [-0.05, 0) is 49.9 Å². The summed E-state index contributed by atoms with van der Waals surface area (Å²) >= 11 is 0. The molecule has 0 saturated heterocycles. The van der Waals surface area contributed by atoms with Crippen LogP contribution < -0.4 is 9.62 Å². The van der Waals surface area contributed by atoms with Crippen LogP contribution in [0.25, 0.3) is 0 Å². The van der Waals surface area contributed by atoms with Crippen LogP contribution in [0.15, 0.2) is 23.1 Å². The van der Waals surface area contributed by atoms with E-state index in [0.29, 0.717) is 17.7 Å². The second kappa shape index (κ2) is 6.24. The Morgan fingerprint density at radius 2 is 2.00 bits per heavy atom. The summed E-state index contributed by atoms with van der Waals surface area (Å²) in [6.07, 6.45) is 5.16. The van der Waals surface area contributed by atoms with Crippen molar-refractivity contribution in [3.05, 3.63) is 23.8 Å². The maximum Gasteiger partial charge on any atom is 0.240 e. The minimum absolute atomic E-state index is 0.0605. The topological polar surface area (TPSA) is 66.5 Å².